The Kier molecular flexibility index (Phi) is 3.22. The van der Waals surface area contributed by atoms with Crippen molar-refractivity contribution in [3.63, 3.8) is 0 Å². The summed E-state index contributed by atoms with van der Waals surface area (Å²) in [5.74, 6) is 0.528. The summed E-state index contributed by atoms with van der Waals surface area (Å²) in [6.45, 7) is 1.80. The number of nitrogens with zero attached hydrogens (tertiary/aromatic N) is 4. The summed E-state index contributed by atoms with van der Waals surface area (Å²) in [4.78, 5) is 0. The van der Waals surface area contributed by atoms with Gasteiger partial charge in [0.15, 0.2) is 5.82 Å². The molecule has 0 aliphatic heterocycles. The van der Waals surface area contributed by atoms with Crippen LogP contribution in [-0.2, 0) is 18.6 Å². The summed E-state index contributed by atoms with van der Waals surface area (Å²) >= 11 is 3.30. The maximum Gasteiger partial charge on any atom is 0.419 e. The number of hydrogen-bond donors (Lipinski definition) is 0. The average molecular weight is 323 g/mol. The molecule has 18 heavy (non-hydrogen) atoms. The lowest BCUT2D eigenvalue weighted by Crippen LogP contribution is -2.06. The first kappa shape index (κ1) is 13.1. The molecular formula is C10H10BrF3N4. The zero-order valence-electron chi connectivity index (χ0n) is 9.66. The molecule has 0 radical (unpaired) electrons. The third-order valence-electron chi connectivity index (χ3n) is 2.57. The Morgan fingerprint density at radius 1 is 1.39 bits per heavy atom. The SMILES string of the molecule is Cc1nn(C)c(-n2cc(C(F)(F)F)cn2)c1CBr. The van der Waals surface area contributed by atoms with E-state index in [1.165, 1.54) is 9.36 Å². The molecule has 0 fully saturated rings. The molecule has 8 heteroatoms. The van der Waals surface area contributed by atoms with Crippen molar-refractivity contribution < 1.29 is 13.2 Å². The van der Waals surface area contributed by atoms with Crippen molar-refractivity contribution >= 4 is 15.9 Å². The van der Waals surface area contributed by atoms with Gasteiger partial charge in [0.05, 0.1) is 17.5 Å². The first-order valence-electron chi connectivity index (χ1n) is 5.05. The van der Waals surface area contributed by atoms with Crippen molar-refractivity contribution in [2.45, 2.75) is 18.4 Å². The van der Waals surface area contributed by atoms with E-state index in [1.807, 2.05) is 0 Å². The highest BCUT2D eigenvalue weighted by molar-refractivity contribution is 9.08. The summed E-state index contributed by atoms with van der Waals surface area (Å²) in [7, 11) is 1.67. The minimum atomic E-state index is -4.39. The van der Waals surface area contributed by atoms with Crippen molar-refractivity contribution in [1.82, 2.24) is 19.6 Å². The molecule has 0 spiro atoms. The monoisotopic (exact) mass is 322 g/mol. The highest BCUT2D eigenvalue weighted by Crippen LogP contribution is 2.30. The van der Waals surface area contributed by atoms with E-state index in [0.29, 0.717) is 11.1 Å². The predicted octanol–water partition coefficient (Wildman–Crippen LogP) is 2.83. The van der Waals surface area contributed by atoms with E-state index in [1.54, 1.807) is 14.0 Å². The standard InChI is InChI=1S/C10H10BrF3N4/c1-6-8(3-11)9(17(2)16-6)18-5-7(4-15-18)10(12,13)14/h4-5H,3H2,1-2H3. The summed E-state index contributed by atoms with van der Waals surface area (Å²) in [5, 5.41) is 8.43. The fraction of sp³-hybridized carbons (Fsp3) is 0.400. The fourth-order valence-electron chi connectivity index (χ4n) is 1.72. The molecule has 0 saturated heterocycles. The normalized spacial score (nSPS) is 12.1. The Morgan fingerprint density at radius 3 is 2.56 bits per heavy atom. The van der Waals surface area contributed by atoms with Crippen molar-refractivity contribution in [2.75, 3.05) is 0 Å². The average Bonchev–Trinajstić information content (AvgIpc) is 2.81. The Morgan fingerprint density at radius 2 is 2.06 bits per heavy atom. The van der Waals surface area contributed by atoms with Crippen LogP contribution in [0.25, 0.3) is 5.82 Å². The number of alkyl halides is 4. The van der Waals surface area contributed by atoms with E-state index in [0.717, 1.165) is 23.7 Å². The molecule has 0 aromatic carbocycles. The molecule has 2 aromatic rings. The summed E-state index contributed by atoms with van der Waals surface area (Å²) in [6, 6.07) is 0. The number of aromatic nitrogens is 4. The van der Waals surface area contributed by atoms with Crippen LogP contribution < -0.4 is 0 Å². The molecule has 2 aromatic heterocycles. The Labute approximate surface area is 110 Å². The predicted molar refractivity (Wildman–Crippen MR) is 62.7 cm³/mol. The van der Waals surface area contributed by atoms with Gasteiger partial charge in [0, 0.05) is 24.1 Å². The van der Waals surface area contributed by atoms with Crippen molar-refractivity contribution in [2.24, 2.45) is 7.05 Å². The van der Waals surface area contributed by atoms with Gasteiger partial charge in [-0.1, -0.05) is 15.9 Å². The first-order chi connectivity index (χ1) is 8.34. The molecule has 0 atom stereocenters. The van der Waals surface area contributed by atoms with E-state index in [-0.39, 0.29) is 0 Å². The van der Waals surface area contributed by atoms with Crippen LogP contribution >= 0.6 is 15.9 Å². The second-order valence-electron chi connectivity index (χ2n) is 3.82. The molecule has 2 heterocycles. The van der Waals surface area contributed by atoms with Crippen molar-refractivity contribution in [1.29, 1.82) is 0 Å². The molecule has 0 bridgehead atoms. The van der Waals surface area contributed by atoms with Gasteiger partial charge >= 0.3 is 6.18 Å². The number of hydrogen-bond acceptors (Lipinski definition) is 2. The minimum absolute atomic E-state index is 0.503. The molecule has 0 aliphatic rings. The largest absolute Gasteiger partial charge is 0.419 e. The number of halogens is 4. The quantitative estimate of drug-likeness (QED) is 0.797. The number of rotatable bonds is 2. The van der Waals surface area contributed by atoms with E-state index in [9.17, 15) is 13.2 Å². The van der Waals surface area contributed by atoms with Crippen LogP contribution in [0.1, 0.15) is 16.8 Å². The van der Waals surface area contributed by atoms with Crippen LogP contribution in [0.4, 0.5) is 13.2 Å². The second-order valence-corrected chi connectivity index (χ2v) is 4.38. The third-order valence-corrected chi connectivity index (χ3v) is 3.13. The zero-order valence-corrected chi connectivity index (χ0v) is 11.2. The van der Waals surface area contributed by atoms with Crippen LogP contribution in [0.15, 0.2) is 12.4 Å². The van der Waals surface area contributed by atoms with E-state index in [4.69, 9.17) is 0 Å². The smallest absolute Gasteiger partial charge is 0.250 e. The van der Waals surface area contributed by atoms with Crippen molar-refractivity contribution in [3.8, 4) is 5.82 Å². The maximum absolute atomic E-state index is 12.5. The van der Waals surface area contributed by atoms with Gasteiger partial charge in [-0.25, -0.2) is 4.68 Å². The maximum atomic E-state index is 12.5. The Balaban J connectivity index is 2.53. The highest BCUT2D eigenvalue weighted by Gasteiger charge is 2.32. The molecule has 0 N–H and O–H groups in total. The van der Waals surface area contributed by atoms with Crippen LogP contribution in [0, 0.1) is 6.92 Å². The zero-order chi connectivity index (χ0) is 13.5. The molecule has 2 rings (SSSR count). The van der Waals surface area contributed by atoms with E-state index in [2.05, 4.69) is 26.1 Å². The lowest BCUT2D eigenvalue weighted by Gasteiger charge is -2.04. The lowest BCUT2D eigenvalue weighted by molar-refractivity contribution is -0.137. The highest BCUT2D eigenvalue weighted by atomic mass is 79.9. The van der Waals surface area contributed by atoms with E-state index >= 15 is 0 Å². The van der Waals surface area contributed by atoms with Gasteiger partial charge in [-0.15, -0.1) is 0 Å². The Bertz CT molecular complexity index is 570. The molecule has 0 saturated carbocycles. The van der Waals surface area contributed by atoms with Gasteiger partial charge < -0.3 is 0 Å². The van der Waals surface area contributed by atoms with Gasteiger partial charge in [-0.2, -0.15) is 23.4 Å². The molecule has 0 unspecified atom stereocenters. The lowest BCUT2D eigenvalue weighted by atomic mass is 10.3. The van der Waals surface area contributed by atoms with Crippen LogP contribution in [0.5, 0.6) is 0 Å². The van der Waals surface area contributed by atoms with Gasteiger partial charge in [-0.3, -0.25) is 4.68 Å². The number of aryl methyl sites for hydroxylation is 2. The second kappa shape index (κ2) is 4.42. The third kappa shape index (κ3) is 2.16. The van der Waals surface area contributed by atoms with Gasteiger partial charge in [-0.05, 0) is 6.92 Å². The molecule has 0 amide bonds. The summed E-state index contributed by atoms with van der Waals surface area (Å²) < 4.78 is 40.3. The Hall–Kier alpha value is -1.31. The van der Waals surface area contributed by atoms with Crippen LogP contribution in [-0.4, -0.2) is 19.6 Å². The first-order valence-corrected chi connectivity index (χ1v) is 6.17. The minimum Gasteiger partial charge on any atom is -0.250 e. The van der Waals surface area contributed by atoms with Gasteiger partial charge in [0.25, 0.3) is 0 Å². The topological polar surface area (TPSA) is 35.6 Å². The molecular weight excluding hydrogens is 313 g/mol. The van der Waals surface area contributed by atoms with Crippen molar-refractivity contribution in [3.05, 3.63) is 29.2 Å². The van der Waals surface area contributed by atoms with Gasteiger partial charge in [0.1, 0.15) is 0 Å². The molecule has 0 aliphatic carbocycles. The summed E-state index contributed by atoms with van der Waals surface area (Å²) in [6.07, 6.45) is -2.62. The van der Waals surface area contributed by atoms with Crippen LogP contribution in [0.2, 0.25) is 0 Å². The summed E-state index contributed by atoms with van der Waals surface area (Å²) in [5.41, 5.74) is 0.796. The van der Waals surface area contributed by atoms with Crippen LogP contribution in [0.3, 0.4) is 0 Å². The molecule has 98 valence electrons. The van der Waals surface area contributed by atoms with Gasteiger partial charge in [0.2, 0.25) is 0 Å². The molecule has 4 nitrogen and oxygen atoms in total. The fourth-order valence-corrected chi connectivity index (χ4v) is 2.37. The van der Waals surface area contributed by atoms with E-state index < -0.39 is 11.7 Å².